The third-order valence-electron chi connectivity index (χ3n) is 7.71. The highest BCUT2D eigenvalue weighted by atomic mass is 32.2. The van der Waals surface area contributed by atoms with Crippen LogP contribution in [0.25, 0.3) is 6.08 Å². The molecule has 3 aromatic carbocycles. The van der Waals surface area contributed by atoms with E-state index in [9.17, 15) is 24.4 Å². The van der Waals surface area contributed by atoms with Gasteiger partial charge < -0.3 is 25.6 Å². The van der Waals surface area contributed by atoms with Gasteiger partial charge in [-0.25, -0.2) is 4.79 Å². The third kappa shape index (κ3) is 9.87. The number of thiophene rings is 1. The molecule has 0 fully saturated rings. The molecule has 1 aromatic heterocycles. The van der Waals surface area contributed by atoms with Crippen molar-refractivity contribution in [3.05, 3.63) is 117 Å². The number of nitrogens with zero attached hydrogens (tertiary/aromatic N) is 2. The molecule has 1 unspecified atom stereocenters. The van der Waals surface area contributed by atoms with Crippen molar-refractivity contribution in [3.8, 4) is 6.07 Å². The Hall–Kier alpha value is -5.38. The van der Waals surface area contributed by atoms with Gasteiger partial charge >= 0.3 is 6.09 Å². The van der Waals surface area contributed by atoms with Gasteiger partial charge in [0.05, 0.1) is 17.4 Å². The molecule has 3 N–H and O–H groups in total. The Bertz CT molecular complexity index is 2030. The summed E-state index contributed by atoms with van der Waals surface area (Å²) >= 11 is 2.59. The first kappa shape index (κ1) is 36.9. The van der Waals surface area contributed by atoms with Crippen LogP contribution in [0.15, 0.2) is 89.5 Å². The number of ether oxygens (including phenoxy) is 1. The van der Waals surface area contributed by atoms with Gasteiger partial charge in [0, 0.05) is 27.6 Å². The topological polar surface area (TPSA) is 141 Å². The van der Waals surface area contributed by atoms with E-state index in [2.05, 4.69) is 22.0 Å². The SMILES string of the molecule is Cc1cccc(/C=C(/NC(=O)c2ccccc2)C(=O)Nc2cccc(SC(C)C(=O)Nc3sc4c(c3C#N)CCN(C(=O)OC(C)(C)C)C4)c2)c1. The number of anilines is 2. The van der Waals surface area contributed by atoms with E-state index in [1.54, 1.807) is 60.4 Å². The van der Waals surface area contributed by atoms with E-state index in [0.29, 0.717) is 41.3 Å². The number of rotatable bonds is 9. The Morgan fingerprint density at radius 3 is 2.45 bits per heavy atom. The zero-order chi connectivity index (χ0) is 36.7. The van der Waals surface area contributed by atoms with E-state index in [-0.39, 0.29) is 11.6 Å². The maximum Gasteiger partial charge on any atom is 0.410 e. The highest BCUT2D eigenvalue weighted by Crippen LogP contribution is 2.38. The average Bonchev–Trinajstić information content (AvgIpc) is 3.43. The molecule has 0 spiro atoms. The van der Waals surface area contributed by atoms with E-state index < -0.39 is 28.8 Å². The van der Waals surface area contributed by atoms with E-state index in [1.165, 1.54) is 23.1 Å². The molecule has 0 saturated carbocycles. The number of nitriles is 1. The summed E-state index contributed by atoms with van der Waals surface area (Å²) < 4.78 is 5.52. The second-order valence-corrected chi connectivity index (χ2v) is 15.5. The summed E-state index contributed by atoms with van der Waals surface area (Å²) in [6.07, 6.45) is 1.70. The fraction of sp³-hybridized carbons (Fsp3) is 0.256. The molecule has 0 aliphatic carbocycles. The highest BCUT2D eigenvalue weighted by Gasteiger charge is 2.30. The van der Waals surface area contributed by atoms with E-state index in [1.807, 2.05) is 64.1 Å². The van der Waals surface area contributed by atoms with E-state index in [0.717, 1.165) is 26.5 Å². The minimum Gasteiger partial charge on any atom is -0.444 e. The van der Waals surface area contributed by atoms with Gasteiger partial charge in [-0.15, -0.1) is 23.1 Å². The molecule has 2 heterocycles. The number of hydrogen-bond acceptors (Lipinski definition) is 8. The Morgan fingerprint density at radius 2 is 1.75 bits per heavy atom. The molecule has 1 atom stereocenters. The minimum atomic E-state index is -0.621. The predicted octanol–water partition coefficient (Wildman–Crippen LogP) is 7.75. The zero-order valence-electron chi connectivity index (χ0n) is 29.0. The summed E-state index contributed by atoms with van der Waals surface area (Å²) in [6, 6.07) is 25.6. The van der Waals surface area contributed by atoms with Gasteiger partial charge in [-0.05, 0) is 88.6 Å². The van der Waals surface area contributed by atoms with Gasteiger partial charge in [0.15, 0.2) is 0 Å². The van der Waals surface area contributed by atoms with Gasteiger partial charge in [-0.2, -0.15) is 5.26 Å². The molecule has 1 aliphatic heterocycles. The number of benzene rings is 3. The quantitative estimate of drug-likeness (QED) is 0.119. The van der Waals surface area contributed by atoms with Crippen molar-refractivity contribution in [2.24, 2.45) is 0 Å². The number of hydrogen-bond donors (Lipinski definition) is 3. The van der Waals surface area contributed by atoms with Crippen LogP contribution in [-0.4, -0.2) is 46.1 Å². The maximum atomic E-state index is 13.6. The molecular formula is C39H39N5O5S2. The van der Waals surface area contributed by atoms with Crippen LogP contribution in [0.2, 0.25) is 0 Å². The van der Waals surface area contributed by atoms with Crippen LogP contribution in [0.4, 0.5) is 15.5 Å². The first-order valence-electron chi connectivity index (χ1n) is 16.4. The van der Waals surface area contributed by atoms with E-state index >= 15 is 0 Å². The van der Waals surface area contributed by atoms with Gasteiger partial charge in [0.2, 0.25) is 5.91 Å². The lowest BCUT2D eigenvalue weighted by Crippen LogP contribution is -2.39. The molecule has 12 heteroatoms. The number of aryl methyl sites for hydroxylation is 1. The smallest absolute Gasteiger partial charge is 0.410 e. The Kier molecular flexibility index (Phi) is 11.6. The normalized spacial score (nSPS) is 13.3. The molecule has 10 nitrogen and oxygen atoms in total. The Balaban J connectivity index is 1.26. The summed E-state index contributed by atoms with van der Waals surface area (Å²) in [5.74, 6) is -1.22. The first-order valence-corrected chi connectivity index (χ1v) is 18.1. The Morgan fingerprint density at radius 1 is 1.00 bits per heavy atom. The number of thioether (sulfide) groups is 1. The molecule has 262 valence electrons. The second kappa shape index (κ2) is 16.1. The third-order valence-corrected chi connectivity index (χ3v) is 9.94. The van der Waals surface area contributed by atoms with Crippen molar-refractivity contribution < 1.29 is 23.9 Å². The van der Waals surface area contributed by atoms with Gasteiger partial charge in [0.25, 0.3) is 11.8 Å². The fourth-order valence-corrected chi connectivity index (χ4v) is 7.42. The maximum absolute atomic E-state index is 13.6. The molecular weight excluding hydrogens is 683 g/mol. The molecule has 4 amide bonds. The van der Waals surface area contributed by atoms with Crippen LogP contribution in [0, 0.1) is 18.3 Å². The summed E-state index contributed by atoms with van der Waals surface area (Å²) in [5.41, 5.74) is 3.37. The van der Waals surface area contributed by atoms with Crippen molar-refractivity contribution in [1.82, 2.24) is 10.2 Å². The van der Waals surface area contributed by atoms with Crippen LogP contribution < -0.4 is 16.0 Å². The molecule has 0 bridgehead atoms. The number of nitrogens with one attached hydrogen (secondary N) is 3. The van der Waals surface area contributed by atoms with Crippen molar-refractivity contribution >= 4 is 63.7 Å². The molecule has 5 rings (SSSR count). The highest BCUT2D eigenvalue weighted by molar-refractivity contribution is 8.00. The summed E-state index contributed by atoms with van der Waals surface area (Å²) in [6.45, 7) is 9.87. The number of carbonyl (C=O) groups excluding carboxylic acids is 4. The summed E-state index contributed by atoms with van der Waals surface area (Å²) in [7, 11) is 0. The van der Waals surface area contributed by atoms with Crippen LogP contribution in [0.1, 0.15) is 65.2 Å². The molecule has 51 heavy (non-hydrogen) atoms. The molecule has 1 aliphatic rings. The predicted molar refractivity (Wildman–Crippen MR) is 201 cm³/mol. The monoisotopic (exact) mass is 721 g/mol. The lowest BCUT2D eigenvalue weighted by atomic mass is 10.0. The summed E-state index contributed by atoms with van der Waals surface area (Å²) in [4.78, 5) is 55.8. The largest absolute Gasteiger partial charge is 0.444 e. The van der Waals surface area contributed by atoms with Crippen molar-refractivity contribution in [3.63, 3.8) is 0 Å². The minimum absolute atomic E-state index is 0.0708. The van der Waals surface area contributed by atoms with Crippen LogP contribution in [0.3, 0.4) is 0 Å². The van der Waals surface area contributed by atoms with Crippen molar-refractivity contribution in [2.75, 3.05) is 17.2 Å². The number of amides is 4. The first-order chi connectivity index (χ1) is 24.3. The van der Waals surface area contributed by atoms with Gasteiger partial charge in [-0.3, -0.25) is 14.4 Å². The lowest BCUT2D eigenvalue weighted by Gasteiger charge is -2.29. The van der Waals surface area contributed by atoms with Crippen LogP contribution in [0.5, 0.6) is 0 Å². The number of fused-ring (bicyclic) bond motifs is 1. The Labute approximate surface area is 305 Å². The van der Waals surface area contributed by atoms with Crippen LogP contribution >= 0.6 is 23.1 Å². The van der Waals surface area contributed by atoms with E-state index in [4.69, 9.17) is 4.74 Å². The summed E-state index contributed by atoms with van der Waals surface area (Å²) in [5, 5.41) is 18.4. The zero-order valence-corrected chi connectivity index (χ0v) is 30.7. The molecule has 4 aromatic rings. The van der Waals surface area contributed by atoms with Gasteiger partial charge in [-0.1, -0.05) is 54.1 Å². The average molecular weight is 722 g/mol. The standard InChI is InChI=1S/C39H39N5O5S2/c1-24-11-9-12-26(19-24)20-32(42-35(46)27-13-7-6-8-14-27)36(47)41-28-15-10-16-29(21-28)50-25(2)34(45)43-37-31(22-40)30-17-18-44(23-33(30)51-37)38(48)49-39(3,4)5/h6-16,19-21,25H,17-18,23H2,1-5H3,(H,41,47)(H,42,46)(H,43,45)/b32-20+. The van der Waals surface area contributed by atoms with Crippen molar-refractivity contribution in [1.29, 1.82) is 5.26 Å². The molecule has 0 saturated heterocycles. The second-order valence-electron chi connectivity index (χ2n) is 13.0. The van der Waals surface area contributed by atoms with Gasteiger partial charge in [0.1, 0.15) is 22.4 Å². The molecule has 0 radical (unpaired) electrons. The van der Waals surface area contributed by atoms with Crippen LogP contribution in [-0.2, 0) is 27.3 Å². The van der Waals surface area contributed by atoms with Crippen molar-refractivity contribution in [2.45, 2.75) is 63.3 Å². The number of carbonyl (C=O) groups is 4. The lowest BCUT2D eigenvalue weighted by molar-refractivity contribution is -0.115. The fourth-order valence-electron chi connectivity index (χ4n) is 5.28.